The van der Waals surface area contributed by atoms with Crippen molar-refractivity contribution in [3.63, 3.8) is 0 Å². The molecule has 2 aliphatic rings. The van der Waals surface area contributed by atoms with Crippen molar-refractivity contribution >= 4 is 0 Å². The summed E-state index contributed by atoms with van der Waals surface area (Å²) < 4.78 is 13.5. The van der Waals surface area contributed by atoms with Gasteiger partial charge in [-0.15, -0.1) is 0 Å². The predicted molar refractivity (Wildman–Crippen MR) is 81.3 cm³/mol. The van der Waals surface area contributed by atoms with Gasteiger partial charge in [-0.2, -0.15) is 5.10 Å². The van der Waals surface area contributed by atoms with Crippen molar-refractivity contribution in [3.8, 4) is 0 Å². The molecule has 0 saturated carbocycles. The third-order valence-electron chi connectivity index (χ3n) is 4.36. The molecular formula is C16H27N3O2. The Kier molecular flexibility index (Phi) is 4.93. The van der Waals surface area contributed by atoms with Crippen LogP contribution in [0.4, 0.5) is 0 Å². The molecular weight excluding hydrogens is 266 g/mol. The monoisotopic (exact) mass is 293 g/mol. The fraction of sp³-hybridized carbons (Fsp3) is 0.812. The first kappa shape index (κ1) is 15.0. The molecule has 118 valence electrons. The minimum Gasteiger partial charge on any atom is -0.381 e. The van der Waals surface area contributed by atoms with E-state index in [4.69, 9.17) is 14.6 Å². The molecule has 0 amide bonds. The second-order valence-electron chi connectivity index (χ2n) is 6.49. The standard InChI is InChI=1S/C16H27N3O2/c1-12(2)17-9-15-16-14(5-8-21-15)11-19(18-16)10-13-3-6-20-7-4-13/h11-13,15,17H,3-10H2,1-2H3/t15-/m0/s1. The number of fused-ring (bicyclic) bond motifs is 1. The molecule has 5 nitrogen and oxygen atoms in total. The summed E-state index contributed by atoms with van der Waals surface area (Å²) in [7, 11) is 0. The molecule has 1 aromatic rings. The van der Waals surface area contributed by atoms with Crippen LogP contribution in [0.25, 0.3) is 0 Å². The smallest absolute Gasteiger partial charge is 0.114 e. The Morgan fingerprint density at radius 1 is 1.33 bits per heavy atom. The summed E-state index contributed by atoms with van der Waals surface area (Å²) in [5.74, 6) is 0.702. The van der Waals surface area contributed by atoms with Gasteiger partial charge in [0, 0.05) is 38.5 Å². The molecule has 0 bridgehead atoms. The zero-order valence-electron chi connectivity index (χ0n) is 13.2. The van der Waals surface area contributed by atoms with Gasteiger partial charge in [0.1, 0.15) is 6.10 Å². The molecule has 1 saturated heterocycles. The molecule has 0 unspecified atom stereocenters. The molecule has 21 heavy (non-hydrogen) atoms. The van der Waals surface area contributed by atoms with Gasteiger partial charge in [0.15, 0.2) is 0 Å². The highest BCUT2D eigenvalue weighted by molar-refractivity contribution is 5.22. The minimum atomic E-state index is 0.104. The van der Waals surface area contributed by atoms with E-state index in [0.29, 0.717) is 12.0 Å². The van der Waals surface area contributed by atoms with E-state index in [2.05, 4.69) is 30.0 Å². The molecule has 0 radical (unpaired) electrons. The van der Waals surface area contributed by atoms with E-state index in [-0.39, 0.29) is 6.10 Å². The molecule has 3 rings (SSSR count). The highest BCUT2D eigenvalue weighted by Gasteiger charge is 2.25. The maximum Gasteiger partial charge on any atom is 0.114 e. The molecule has 3 heterocycles. The highest BCUT2D eigenvalue weighted by atomic mass is 16.5. The number of ether oxygens (including phenoxy) is 2. The Morgan fingerprint density at radius 2 is 2.14 bits per heavy atom. The summed E-state index contributed by atoms with van der Waals surface area (Å²) in [5, 5.41) is 8.27. The second-order valence-corrected chi connectivity index (χ2v) is 6.49. The lowest BCUT2D eigenvalue weighted by Crippen LogP contribution is -2.31. The van der Waals surface area contributed by atoms with Gasteiger partial charge in [-0.3, -0.25) is 4.68 Å². The average molecular weight is 293 g/mol. The Balaban J connectivity index is 1.65. The van der Waals surface area contributed by atoms with E-state index < -0.39 is 0 Å². The van der Waals surface area contributed by atoms with Gasteiger partial charge < -0.3 is 14.8 Å². The summed E-state index contributed by atoms with van der Waals surface area (Å²) in [6, 6.07) is 0.475. The van der Waals surface area contributed by atoms with Crippen LogP contribution in [-0.2, 0) is 22.4 Å². The van der Waals surface area contributed by atoms with Gasteiger partial charge in [-0.05, 0) is 30.7 Å². The third kappa shape index (κ3) is 3.84. The number of aromatic nitrogens is 2. The number of nitrogens with one attached hydrogen (secondary N) is 1. The van der Waals surface area contributed by atoms with Gasteiger partial charge in [0.2, 0.25) is 0 Å². The molecule has 1 fully saturated rings. The van der Waals surface area contributed by atoms with Crippen molar-refractivity contribution in [2.24, 2.45) is 5.92 Å². The molecule has 5 heteroatoms. The van der Waals surface area contributed by atoms with Gasteiger partial charge in [-0.1, -0.05) is 13.8 Å². The summed E-state index contributed by atoms with van der Waals surface area (Å²) in [6.45, 7) is 8.78. The number of nitrogens with zero attached hydrogens (tertiary/aromatic N) is 2. The summed E-state index contributed by atoms with van der Waals surface area (Å²) in [4.78, 5) is 0. The van der Waals surface area contributed by atoms with Crippen LogP contribution in [0, 0.1) is 5.92 Å². The zero-order valence-corrected chi connectivity index (χ0v) is 13.2. The first-order chi connectivity index (χ1) is 10.2. The minimum absolute atomic E-state index is 0.104. The largest absolute Gasteiger partial charge is 0.381 e. The van der Waals surface area contributed by atoms with E-state index in [1.54, 1.807) is 0 Å². The lowest BCUT2D eigenvalue weighted by molar-refractivity contribution is 0.0378. The fourth-order valence-electron chi connectivity index (χ4n) is 3.12. The first-order valence-corrected chi connectivity index (χ1v) is 8.21. The Labute approximate surface area is 127 Å². The topological polar surface area (TPSA) is 48.3 Å². The van der Waals surface area contributed by atoms with E-state index >= 15 is 0 Å². The lowest BCUT2D eigenvalue weighted by Gasteiger charge is -2.23. The highest BCUT2D eigenvalue weighted by Crippen LogP contribution is 2.26. The van der Waals surface area contributed by atoms with E-state index in [1.807, 2.05) is 0 Å². The van der Waals surface area contributed by atoms with Crippen molar-refractivity contribution in [2.75, 3.05) is 26.4 Å². The molecule has 1 N–H and O–H groups in total. The van der Waals surface area contributed by atoms with Crippen LogP contribution < -0.4 is 5.32 Å². The normalized spacial score (nSPS) is 23.5. The van der Waals surface area contributed by atoms with E-state index in [0.717, 1.165) is 57.9 Å². The number of hydrogen-bond donors (Lipinski definition) is 1. The molecule has 0 aliphatic carbocycles. The third-order valence-corrected chi connectivity index (χ3v) is 4.36. The summed E-state index contributed by atoms with van der Waals surface area (Å²) in [6.07, 6.45) is 5.63. The maximum atomic E-state index is 5.90. The SMILES string of the molecule is CC(C)NC[C@@H]1OCCc2cn(CC3CCOCC3)nc21. The molecule has 1 aromatic heterocycles. The quantitative estimate of drug-likeness (QED) is 0.901. The Hall–Kier alpha value is -0.910. The van der Waals surface area contributed by atoms with Crippen LogP contribution in [0.15, 0.2) is 6.20 Å². The molecule has 0 aromatic carbocycles. The van der Waals surface area contributed by atoms with E-state index in [1.165, 1.54) is 5.56 Å². The van der Waals surface area contributed by atoms with Crippen molar-refractivity contribution in [1.82, 2.24) is 15.1 Å². The Bertz CT molecular complexity index is 452. The lowest BCUT2D eigenvalue weighted by atomic mass is 10.0. The number of hydrogen-bond acceptors (Lipinski definition) is 4. The average Bonchev–Trinajstić information content (AvgIpc) is 2.89. The maximum absolute atomic E-state index is 5.90. The van der Waals surface area contributed by atoms with Crippen molar-refractivity contribution in [1.29, 1.82) is 0 Å². The number of rotatable bonds is 5. The van der Waals surface area contributed by atoms with Crippen LogP contribution in [0.3, 0.4) is 0 Å². The van der Waals surface area contributed by atoms with Gasteiger partial charge in [0.25, 0.3) is 0 Å². The molecule has 1 atom stereocenters. The van der Waals surface area contributed by atoms with E-state index in [9.17, 15) is 0 Å². The Morgan fingerprint density at radius 3 is 2.90 bits per heavy atom. The van der Waals surface area contributed by atoms with Crippen LogP contribution in [-0.4, -0.2) is 42.2 Å². The summed E-state index contributed by atoms with van der Waals surface area (Å²) in [5.41, 5.74) is 2.50. The van der Waals surface area contributed by atoms with Crippen LogP contribution in [0.2, 0.25) is 0 Å². The van der Waals surface area contributed by atoms with Crippen LogP contribution in [0.5, 0.6) is 0 Å². The van der Waals surface area contributed by atoms with Gasteiger partial charge >= 0.3 is 0 Å². The van der Waals surface area contributed by atoms with Gasteiger partial charge in [0.05, 0.1) is 12.3 Å². The first-order valence-electron chi connectivity index (χ1n) is 8.21. The van der Waals surface area contributed by atoms with Crippen molar-refractivity contribution < 1.29 is 9.47 Å². The fourth-order valence-corrected chi connectivity index (χ4v) is 3.12. The van der Waals surface area contributed by atoms with Gasteiger partial charge in [-0.25, -0.2) is 0 Å². The molecule has 0 spiro atoms. The van der Waals surface area contributed by atoms with Crippen LogP contribution >= 0.6 is 0 Å². The molecule has 2 aliphatic heterocycles. The second kappa shape index (κ2) is 6.90. The summed E-state index contributed by atoms with van der Waals surface area (Å²) >= 11 is 0. The van der Waals surface area contributed by atoms with Crippen LogP contribution in [0.1, 0.15) is 44.1 Å². The van der Waals surface area contributed by atoms with Crippen molar-refractivity contribution in [3.05, 3.63) is 17.5 Å². The predicted octanol–water partition coefficient (Wildman–Crippen LogP) is 1.92. The van der Waals surface area contributed by atoms with Crippen molar-refractivity contribution in [2.45, 2.75) is 51.8 Å². The zero-order chi connectivity index (χ0) is 14.7.